The standard InChI is InChI=1S/C6H8O7.Ge/c7-3(8)1-6(13,5(11)12)2-4(9)10;/h13H,1-2H2,(H,7,8)(H,9,10)(H,11,12);. The third kappa shape index (κ3) is 4.82. The summed E-state index contributed by atoms with van der Waals surface area (Å²) in [4.78, 5) is 30.5. The van der Waals surface area contributed by atoms with E-state index in [1.807, 2.05) is 0 Å². The second-order valence-electron chi connectivity index (χ2n) is 2.48. The molecule has 4 N–H and O–H groups in total. The molecule has 0 atom stereocenters. The van der Waals surface area contributed by atoms with Crippen molar-refractivity contribution < 1.29 is 34.8 Å². The Balaban J connectivity index is 0. The van der Waals surface area contributed by atoms with Gasteiger partial charge in [0.25, 0.3) is 0 Å². The molecule has 78 valence electrons. The van der Waals surface area contributed by atoms with Crippen molar-refractivity contribution in [2.45, 2.75) is 18.4 Å². The topological polar surface area (TPSA) is 132 Å². The number of carbonyl (C=O) groups is 3. The maximum atomic E-state index is 10.3. The maximum absolute atomic E-state index is 10.3. The van der Waals surface area contributed by atoms with E-state index >= 15 is 0 Å². The van der Waals surface area contributed by atoms with Gasteiger partial charge in [-0.05, 0) is 0 Å². The Bertz CT molecular complexity index is 233. The van der Waals surface area contributed by atoms with Crippen LogP contribution in [0.4, 0.5) is 0 Å². The molecular formula is C6H8GeO7. The molecule has 0 fully saturated rings. The fourth-order valence-corrected chi connectivity index (χ4v) is 0.714. The molecule has 0 aliphatic heterocycles. The molecule has 7 nitrogen and oxygen atoms in total. The van der Waals surface area contributed by atoms with Crippen molar-refractivity contribution in [3.05, 3.63) is 0 Å². The number of aliphatic carboxylic acids is 3. The van der Waals surface area contributed by atoms with Crippen LogP contribution in [-0.2, 0) is 14.4 Å². The minimum atomic E-state index is -2.74. The van der Waals surface area contributed by atoms with Crippen LogP contribution >= 0.6 is 0 Å². The van der Waals surface area contributed by atoms with Gasteiger partial charge in [0, 0.05) is 17.6 Å². The van der Waals surface area contributed by atoms with Crippen molar-refractivity contribution in [1.29, 1.82) is 0 Å². The van der Waals surface area contributed by atoms with Gasteiger partial charge in [0.05, 0.1) is 12.8 Å². The molecule has 0 aliphatic rings. The molecule has 0 heterocycles. The zero-order chi connectivity index (χ0) is 10.6. The summed E-state index contributed by atoms with van der Waals surface area (Å²) in [6, 6.07) is 0. The maximum Gasteiger partial charge on any atom is 0.336 e. The molecule has 0 spiro atoms. The van der Waals surface area contributed by atoms with E-state index in [-0.39, 0.29) is 17.6 Å². The van der Waals surface area contributed by atoms with Gasteiger partial charge in [-0.15, -0.1) is 0 Å². The number of hydrogen-bond acceptors (Lipinski definition) is 4. The molecule has 0 saturated carbocycles. The third-order valence-electron chi connectivity index (χ3n) is 1.29. The molecule has 4 radical (unpaired) electrons. The van der Waals surface area contributed by atoms with Gasteiger partial charge < -0.3 is 20.4 Å². The Morgan fingerprint density at radius 3 is 1.36 bits per heavy atom. The minimum absolute atomic E-state index is 0. The van der Waals surface area contributed by atoms with Crippen LogP contribution in [0.2, 0.25) is 0 Å². The predicted octanol–water partition coefficient (Wildman–Crippen LogP) is -1.63. The number of hydrogen-bond donors (Lipinski definition) is 4. The molecule has 0 aromatic heterocycles. The van der Waals surface area contributed by atoms with E-state index in [0.717, 1.165) is 0 Å². The summed E-state index contributed by atoms with van der Waals surface area (Å²) in [6.07, 6.45) is -2.29. The average molecular weight is 265 g/mol. The van der Waals surface area contributed by atoms with Crippen molar-refractivity contribution in [1.82, 2.24) is 0 Å². The molecule has 0 aromatic rings. The van der Waals surface area contributed by atoms with E-state index in [0.29, 0.717) is 0 Å². The van der Waals surface area contributed by atoms with Crippen LogP contribution in [0.15, 0.2) is 0 Å². The zero-order valence-electron chi connectivity index (χ0n) is 6.93. The van der Waals surface area contributed by atoms with Crippen LogP contribution in [0.5, 0.6) is 0 Å². The fourth-order valence-electron chi connectivity index (χ4n) is 0.714. The van der Waals surface area contributed by atoms with E-state index in [1.165, 1.54) is 0 Å². The second kappa shape index (κ2) is 5.60. The van der Waals surface area contributed by atoms with Crippen LogP contribution < -0.4 is 0 Å². The zero-order valence-corrected chi connectivity index (χ0v) is 9.03. The Morgan fingerprint density at radius 1 is 0.929 bits per heavy atom. The first kappa shape index (κ1) is 15.4. The summed E-state index contributed by atoms with van der Waals surface area (Å²) < 4.78 is 0. The summed E-state index contributed by atoms with van der Waals surface area (Å²) in [5, 5.41) is 33.8. The number of aliphatic hydroxyl groups is 1. The summed E-state index contributed by atoms with van der Waals surface area (Å²) in [5.41, 5.74) is -2.74. The Morgan fingerprint density at radius 2 is 1.21 bits per heavy atom. The van der Waals surface area contributed by atoms with Gasteiger partial charge >= 0.3 is 17.9 Å². The average Bonchev–Trinajstić information content (AvgIpc) is 1.82. The Labute approximate surface area is 89.3 Å². The first-order chi connectivity index (χ1) is 5.78. The van der Waals surface area contributed by atoms with Crippen LogP contribution in [-0.4, -0.2) is 61.5 Å². The van der Waals surface area contributed by atoms with Crippen molar-refractivity contribution in [2.24, 2.45) is 0 Å². The first-order valence-electron chi connectivity index (χ1n) is 3.17. The van der Waals surface area contributed by atoms with Gasteiger partial charge in [-0.2, -0.15) is 0 Å². The van der Waals surface area contributed by atoms with Crippen LogP contribution in [0, 0.1) is 0 Å². The number of rotatable bonds is 5. The first-order valence-corrected chi connectivity index (χ1v) is 3.17. The van der Waals surface area contributed by atoms with Crippen LogP contribution in [0.3, 0.4) is 0 Å². The summed E-state index contributed by atoms with van der Waals surface area (Å²) in [5.74, 6) is -5.02. The second-order valence-corrected chi connectivity index (χ2v) is 2.48. The van der Waals surface area contributed by atoms with Gasteiger partial charge in [-0.1, -0.05) is 0 Å². The number of carboxylic acid groups (broad SMARTS) is 3. The molecule has 0 aliphatic carbocycles. The molecule has 0 bridgehead atoms. The molecule has 14 heavy (non-hydrogen) atoms. The molecule has 0 amide bonds. The van der Waals surface area contributed by atoms with Gasteiger partial charge in [0.1, 0.15) is 0 Å². The van der Waals surface area contributed by atoms with Crippen molar-refractivity contribution in [3.63, 3.8) is 0 Å². The molecule has 0 aromatic carbocycles. The smallest absolute Gasteiger partial charge is 0.336 e. The van der Waals surface area contributed by atoms with E-state index in [1.54, 1.807) is 0 Å². The SMILES string of the molecule is O=C(O)CC(O)(CC(=O)O)C(=O)O.[Ge]. The largest absolute Gasteiger partial charge is 0.481 e. The van der Waals surface area contributed by atoms with Gasteiger partial charge in [0.2, 0.25) is 0 Å². The van der Waals surface area contributed by atoms with Gasteiger partial charge in [0.15, 0.2) is 5.60 Å². The van der Waals surface area contributed by atoms with E-state index in [9.17, 15) is 14.4 Å². The van der Waals surface area contributed by atoms with Crippen molar-refractivity contribution in [3.8, 4) is 0 Å². The van der Waals surface area contributed by atoms with Gasteiger partial charge in [-0.25, -0.2) is 4.79 Å². The summed E-state index contributed by atoms with van der Waals surface area (Å²) >= 11 is 0. The molecule has 0 unspecified atom stereocenters. The van der Waals surface area contributed by atoms with Crippen molar-refractivity contribution in [2.75, 3.05) is 0 Å². The van der Waals surface area contributed by atoms with E-state index in [2.05, 4.69) is 0 Å². The number of carboxylic acids is 3. The molecule has 0 saturated heterocycles. The summed E-state index contributed by atoms with van der Waals surface area (Å²) in [7, 11) is 0. The minimum Gasteiger partial charge on any atom is -0.481 e. The van der Waals surface area contributed by atoms with Crippen LogP contribution in [0.1, 0.15) is 12.8 Å². The summed E-state index contributed by atoms with van der Waals surface area (Å²) in [6.45, 7) is 0. The third-order valence-corrected chi connectivity index (χ3v) is 1.29. The van der Waals surface area contributed by atoms with Crippen molar-refractivity contribution >= 4 is 35.5 Å². The normalized spacial score (nSPS) is 10.1. The van der Waals surface area contributed by atoms with Crippen LogP contribution in [0.25, 0.3) is 0 Å². The fraction of sp³-hybridized carbons (Fsp3) is 0.500. The monoisotopic (exact) mass is 266 g/mol. The predicted molar refractivity (Wildman–Crippen MR) is 42.8 cm³/mol. The Hall–Kier alpha value is -1.09. The quantitative estimate of drug-likeness (QED) is 0.438. The Kier molecular flexibility index (Phi) is 6.16. The van der Waals surface area contributed by atoms with Gasteiger partial charge in [-0.3, -0.25) is 9.59 Å². The molecular weight excluding hydrogens is 257 g/mol. The van der Waals surface area contributed by atoms with E-state index in [4.69, 9.17) is 20.4 Å². The molecule has 0 rings (SSSR count). The van der Waals surface area contributed by atoms with E-state index < -0.39 is 36.4 Å². The molecule has 8 heteroatoms.